The first-order valence-corrected chi connectivity index (χ1v) is 7.86. The summed E-state index contributed by atoms with van der Waals surface area (Å²) >= 11 is 5.83. The molecule has 1 saturated heterocycles. The normalized spacial score (nSPS) is 16.5. The summed E-state index contributed by atoms with van der Waals surface area (Å²) < 4.78 is 5.39. The quantitative estimate of drug-likeness (QED) is 0.845. The Labute approximate surface area is 136 Å². The van der Waals surface area contributed by atoms with Crippen molar-refractivity contribution in [3.63, 3.8) is 0 Å². The second-order valence-corrected chi connectivity index (χ2v) is 6.89. The number of hydrogen-bond acceptors (Lipinski definition) is 5. The van der Waals surface area contributed by atoms with Gasteiger partial charge in [0.05, 0.1) is 0 Å². The number of carbonyl (C=O) groups is 1. The number of likely N-dealkylation sites (tertiary alicyclic amines) is 1. The van der Waals surface area contributed by atoms with Gasteiger partial charge in [0.15, 0.2) is 0 Å². The summed E-state index contributed by atoms with van der Waals surface area (Å²) in [7, 11) is 0. The van der Waals surface area contributed by atoms with Gasteiger partial charge < -0.3 is 15.0 Å². The summed E-state index contributed by atoms with van der Waals surface area (Å²) in [5.74, 6) is 0.760. The summed E-state index contributed by atoms with van der Waals surface area (Å²) in [6, 6.07) is 0.267. The van der Waals surface area contributed by atoms with Crippen LogP contribution in [0, 0.1) is 6.92 Å². The molecule has 0 unspecified atom stereocenters. The third-order valence-electron chi connectivity index (χ3n) is 3.43. The molecule has 0 radical (unpaired) electrons. The topological polar surface area (TPSA) is 67.4 Å². The number of carbonyl (C=O) groups excluding carboxylic acids is 1. The molecule has 7 heteroatoms. The number of amides is 1. The number of hydrogen-bond donors (Lipinski definition) is 1. The van der Waals surface area contributed by atoms with Crippen molar-refractivity contribution in [2.24, 2.45) is 0 Å². The largest absolute Gasteiger partial charge is 0.444 e. The third-order valence-corrected chi connectivity index (χ3v) is 3.61. The number of rotatable bonds is 2. The van der Waals surface area contributed by atoms with Crippen molar-refractivity contribution in [3.8, 4) is 0 Å². The van der Waals surface area contributed by atoms with Crippen LogP contribution in [0.15, 0.2) is 6.20 Å². The van der Waals surface area contributed by atoms with Crippen LogP contribution < -0.4 is 5.32 Å². The van der Waals surface area contributed by atoms with E-state index in [1.165, 1.54) is 0 Å². The maximum absolute atomic E-state index is 12.0. The highest BCUT2D eigenvalue weighted by atomic mass is 35.5. The van der Waals surface area contributed by atoms with E-state index in [1.54, 1.807) is 11.1 Å². The molecule has 2 rings (SSSR count). The van der Waals surface area contributed by atoms with Crippen molar-refractivity contribution in [1.82, 2.24) is 14.9 Å². The van der Waals surface area contributed by atoms with Gasteiger partial charge in [0, 0.05) is 30.9 Å². The Hall–Kier alpha value is -1.56. The van der Waals surface area contributed by atoms with Crippen molar-refractivity contribution in [2.45, 2.75) is 52.2 Å². The molecule has 0 bridgehead atoms. The van der Waals surface area contributed by atoms with E-state index < -0.39 is 5.60 Å². The van der Waals surface area contributed by atoms with Crippen molar-refractivity contribution in [2.75, 3.05) is 18.4 Å². The highest BCUT2D eigenvalue weighted by molar-refractivity contribution is 6.28. The lowest BCUT2D eigenvalue weighted by atomic mass is 10.1. The van der Waals surface area contributed by atoms with E-state index in [0.29, 0.717) is 13.1 Å². The van der Waals surface area contributed by atoms with E-state index >= 15 is 0 Å². The monoisotopic (exact) mass is 326 g/mol. The van der Waals surface area contributed by atoms with Gasteiger partial charge in [-0.25, -0.2) is 14.8 Å². The summed E-state index contributed by atoms with van der Waals surface area (Å²) in [5.41, 5.74) is 0.500. The lowest BCUT2D eigenvalue weighted by Crippen LogP contribution is -2.44. The van der Waals surface area contributed by atoms with E-state index in [4.69, 9.17) is 16.3 Å². The summed E-state index contributed by atoms with van der Waals surface area (Å²) in [6.07, 6.45) is 3.15. The Kier molecular flexibility index (Phi) is 5.11. The number of nitrogens with one attached hydrogen (secondary N) is 1. The van der Waals surface area contributed by atoms with Gasteiger partial charge >= 0.3 is 6.09 Å². The second-order valence-electron chi connectivity index (χ2n) is 6.56. The molecule has 0 atom stereocenters. The molecule has 1 N–H and O–H groups in total. The number of aromatic nitrogens is 2. The fourth-order valence-corrected chi connectivity index (χ4v) is 2.43. The van der Waals surface area contributed by atoms with E-state index in [0.717, 1.165) is 24.2 Å². The zero-order chi connectivity index (χ0) is 16.3. The number of piperidine rings is 1. The molecule has 1 amide bonds. The Morgan fingerprint density at radius 3 is 2.64 bits per heavy atom. The molecule has 0 saturated carbocycles. The molecule has 0 aliphatic carbocycles. The molecule has 122 valence electrons. The van der Waals surface area contributed by atoms with Gasteiger partial charge in [0.25, 0.3) is 0 Å². The number of halogens is 1. The second kappa shape index (κ2) is 6.69. The summed E-state index contributed by atoms with van der Waals surface area (Å²) in [6.45, 7) is 8.91. The van der Waals surface area contributed by atoms with Crippen LogP contribution in [-0.4, -0.2) is 45.7 Å². The highest BCUT2D eigenvalue weighted by Gasteiger charge is 2.27. The van der Waals surface area contributed by atoms with Crippen LogP contribution in [0.4, 0.5) is 10.6 Å². The van der Waals surface area contributed by atoms with E-state index in [9.17, 15) is 4.79 Å². The minimum atomic E-state index is -0.457. The fraction of sp³-hybridized carbons (Fsp3) is 0.667. The van der Waals surface area contributed by atoms with Crippen molar-refractivity contribution in [1.29, 1.82) is 0 Å². The predicted octanol–water partition coefficient (Wildman–Crippen LogP) is 3.25. The smallest absolute Gasteiger partial charge is 0.410 e. The first-order chi connectivity index (χ1) is 10.2. The van der Waals surface area contributed by atoms with Crippen molar-refractivity contribution < 1.29 is 9.53 Å². The van der Waals surface area contributed by atoms with E-state index in [2.05, 4.69) is 15.3 Å². The lowest BCUT2D eigenvalue weighted by molar-refractivity contribution is 0.0210. The molecule has 0 aromatic carbocycles. The Morgan fingerprint density at radius 2 is 2.05 bits per heavy atom. The van der Waals surface area contributed by atoms with Crippen LogP contribution in [0.1, 0.15) is 39.2 Å². The molecule has 1 aromatic rings. The Balaban J connectivity index is 1.87. The van der Waals surface area contributed by atoms with Crippen LogP contribution in [0.3, 0.4) is 0 Å². The zero-order valence-electron chi connectivity index (χ0n) is 13.5. The Bertz CT molecular complexity index is 537. The molecule has 0 spiro atoms. The van der Waals surface area contributed by atoms with Crippen molar-refractivity contribution in [3.05, 3.63) is 17.0 Å². The molecule has 1 fully saturated rings. The SMILES string of the molecule is Cc1cnc(Cl)nc1NC1CCN(C(=O)OC(C)(C)C)CC1. The van der Waals surface area contributed by atoms with Gasteiger partial charge in [0.1, 0.15) is 11.4 Å². The standard InChI is InChI=1S/C15H23ClN4O2/c1-10-9-17-13(16)19-12(10)18-11-5-7-20(8-6-11)14(21)22-15(2,3)4/h9,11H,5-8H2,1-4H3,(H,17,18,19). The molecular weight excluding hydrogens is 304 g/mol. The number of aryl methyl sites for hydroxylation is 1. The molecular formula is C15H23ClN4O2. The number of ether oxygens (including phenoxy) is 1. The first-order valence-electron chi connectivity index (χ1n) is 7.48. The van der Waals surface area contributed by atoms with Crippen LogP contribution in [-0.2, 0) is 4.74 Å². The molecule has 2 heterocycles. The number of anilines is 1. The minimum Gasteiger partial charge on any atom is -0.444 e. The number of nitrogens with zero attached hydrogens (tertiary/aromatic N) is 3. The molecule has 22 heavy (non-hydrogen) atoms. The van der Waals surface area contributed by atoms with Gasteiger partial charge in [-0.05, 0) is 52.1 Å². The molecule has 6 nitrogen and oxygen atoms in total. The summed E-state index contributed by atoms with van der Waals surface area (Å²) in [4.78, 5) is 21.9. The average molecular weight is 327 g/mol. The molecule has 1 aliphatic rings. The predicted molar refractivity (Wildman–Crippen MR) is 86.2 cm³/mol. The van der Waals surface area contributed by atoms with E-state index in [1.807, 2.05) is 27.7 Å². The summed E-state index contributed by atoms with van der Waals surface area (Å²) in [5, 5.41) is 3.62. The molecule has 1 aliphatic heterocycles. The van der Waals surface area contributed by atoms with Crippen LogP contribution in [0.25, 0.3) is 0 Å². The van der Waals surface area contributed by atoms with Gasteiger partial charge in [-0.2, -0.15) is 0 Å². The highest BCUT2D eigenvalue weighted by Crippen LogP contribution is 2.20. The van der Waals surface area contributed by atoms with Gasteiger partial charge in [-0.3, -0.25) is 0 Å². The maximum atomic E-state index is 12.0. The Morgan fingerprint density at radius 1 is 1.41 bits per heavy atom. The maximum Gasteiger partial charge on any atom is 0.410 e. The van der Waals surface area contributed by atoms with Gasteiger partial charge in [-0.15, -0.1) is 0 Å². The average Bonchev–Trinajstić information content (AvgIpc) is 2.42. The first kappa shape index (κ1) is 16.8. The van der Waals surface area contributed by atoms with Crippen LogP contribution in [0.2, 0.25) is 5.28 Å². The minimum absolute atomic E-state index is 0.235. The lowest BCUT2D eigenvalue weighted by Gasteiger charge is -2.34. The van der Waals surface area contributed by atoms with Gasteiger partial charge in [-0.1, -0.05) is 0 Å². The zero-order valence-corrected chi connectivity index (χ0v) is 14.3. The van der Waals surface area contributed by atoms with Crippen molar-refractivity contribution >= 4 is 23.5 Å². The molecule has 1 aromatic heterocycles. The third kappa shape index (κ3) is 4.73. The van der Waals surface area contributed by atoms with Crippen LogP contribution in [0.5, 0.6) is 0 Å². The fourth-order valence-electron chi connectivity index (χ4n) is 2.29. The van der Waals surface area contributed by atoms with Crippen LogP contribution >= 0.6 is 11.6 Å². The van der Waals surface area contributed by atoms with Gasteiger partial charge in [0.2, 0.25) is 5.28 Å². The van der Waals surface area contributed by atoms with E-state index in [-0.39, 0.29) is 17.4 Å².